The molecule has 3 nitrogen and oxygen atoms in total. The number of carbonyl (C=O) groups is 1. The van der Waals surface area contributed by atoms with E-state index in [1.165, 1.54) is 17.4 Å². The van der Waals surface area contributed by atoms with Crippen LogP contribution in [-0.2, 0) is 0 Å². The summed E-state index contributed by atoms with van der Waals surface area (Å²) in [5.41, 5.74) is 0.770. The predicted molar refractivity (Wildman–Crippen MR) is 79.9 cm³/mol. The van der Waals surface area contributed by atoms with Gasteiger partial charge >= 0.3 is 0 Å². The maximum atomic E-state index is 13.9. The fraction of sp³-hybridized carbons (Fsp3) is 0.400. The zero-order chi connectivity index (χ0) is 14.3. The SMILES string of the molecule is Cc1c(C(=O)N2CCN(C)CC2)sc2cccc(F)c12. The lowest BCUT2D eigenvalue weighted by molar-refractivity contribution is 0.0668. The van der Waals surface area contributed by atoms with Crippen molar-refractivity contribution in [3.63, 3.8) is 0 Å². The van der Waals surface area contributed by atoms with E-state index in [1.54, 1.807) is 6.07 Å². The van der Waals surface area contributed by atoms with E-state index < -0.39 is 0 Å². The molecule has 106 valence electrons. The summed E-state index contributed by atoms with van der Waals surface area (Å²) in [7, 11) is 2.06. The van der Waals surface area contributed by atoms with E-state index in [9.17, 15) is 9.18 Å². The topological polar surface area (TPSA) is 23.6 Å². The molecule has 0 radical (unpaired) electrons. The number of carbonyl (C=O) groups excluding carboxylic acids is 1. The number of piperazine rings is 1. The first-order valence-electron chi connectivity index (χ1n) is 6.73. The summed E-state index contributed by atoms with van der Waals surface area (Å²) in [5, 5.41) is 0.593. The second-order valence-corrected chi connectivity index (χ2v) is 6.32. The highest BCUT2D eigenvalue weighted by atomic mass is 32.1. The predicted octanol–water partition coefficient (Wildman–Crippen LogP) is 2.74. The number of rotatable bonds is 1. The molecule has 5 heteroatoms. The summed E-state index contributed by atoms with van der Waals surface area (Å²) in [6, 6.07) is 5.01. The van der Waals surface area contributed by atoms with E-state index in [0.717, 1.165) is 36.4 Å². The second-order valence-electron chi connectivity index (χ2n) is 5.26. The molecular formula is C15H17FN2OS. The Morgan fingerprint density at radius 3 is 2.60 bits per heavy atom. The van der Waals surface area contributed by atoms with Crippen molar-refractivity contribution in [1.82, 2.24) is 9.80 Å². The molecule has 0 spiro atoms. The zero-order valence-corrected chi connectivity index (χ0v) is 12.5. The van der Waals surface area contributed by atoms with Crippen LogP contribution in [0.1, 0.15) is 15.2 Å². The molecule has 0 N–H and O–H groups in total. The van der Waals surface area contributed by atoms with Crippen molar-refractivity contribution in [2.45, 2.75) is 6.92 Å². The monoisotopic (exact) mass is 292 g/mol. The Kier molecular flexibility index (Phi) is 3.48. The Hall–Kier alpha value is -1.46. The van der Waals surface area contributed by atoms with Crippen LogP contribution in [0, 0.1) is 12.7 Å². The highest BCUT2D eigenvalue weighted by molar-refractivity contribution is 7.21. The molecule has 0 aliphatic carbocycles. The zero-order valence-electron chi connectivity index (χ0n) is 11.6. The highest BCUT2D eigenvalue weighted by Crippen LogP contribution is 2.33. The molecule has 2 heterocycles. The minimum atomic E-state index is -0.242. The van der Waals surface area contributed by atoms with E-state index >= 15 is 0 Å². The average Bonchev–Trinajstić information content (AvgIpc) is 2.77. The van der Waals surface area contributed by atoms with E-state index in [1.807, 2.05) is 17.9 Å². The summed E-state index contributed by atoms with van der Waals surface area (Å²) in [4.78, 5) is 17.4. The summed E-state index contributed by atoms with van der Waals surface area (Å²) in [6.45, 7) is 5.11. The minimum Gasteiger partial charge on any atom is -0.335 e. The van der Waals surface area contributed by atoms with Gasteiger partial charge in [0.1, 0.15) is 5.82 Å². The Morgan fingerprint density at radius 1 is 1.25 bits per heavy atom. The van der Waals surface area contributed by atoms with E-state index in [0.29, 0.717) is 10.3 Å². The maximum absolute atomic E-state index is 13.9. The van der Waals surface area contributed by atoms with Crippen molar-refractivity contribution in [2.75, 3.05) is 33.2 Å². The average molecular weight is 292 g/mol. The normalized spacial score (nSPS) is 16.9. The molecule has 0 unspecified atom stereocenters. The third kappa shape index (κ3) is 2.21. The van der Waals surface area contributed by atoms with Gasteiger partial charge in [0.15, 0.2) is 0 Å². The summed E-state index contributed by atoms with van der Waals surface area (Å²) in [6.07, 6.45) is 0. The van der Waals surface area contributed by atoms with Gasteiger partial charge in [-0.3, -0.25) is 4.79 Å². The number of benzene rings is 1. The van der Waals surface area contributed by atoms with Crippen molar-refractivity contribution >= 4 is 27.3 Å². The van der Waals surface area contributed by atoms with Crippen LogP contribution in [0.5, 0.6) is 0 Å². The summed E-state index contributed by atoms with van der Waals surface area (Å²) >= 11 is 1.40. The number of hydrogen-bond acceptors (Lipinski definition) is 3. The molecule has 1 saturated heterocycles. The van der Waals surface area contributed by atoms with Gasteiger partial charge in [-0.1, -0.05) is 6.07 Å². The molecule has 1 amide bonds. The molecule has 0 bridgehead atoms. The maximum Gasteiger partial charge on any atom is 0.264 e. The fourth-order valence-electron chi connectivity index (χ4n) is 2.61. The number of fused-ring (bicyclic) bond motifs is 1. The standard InChI is InChI=1S/C15H17FN2OS/c1-10-13-11(16)4-3-5-12(13)20-14(10)15(19)18-8-6-17(2)7-9-18/h3-5H,6-9H2,1-2H3. The number of nitrogens with zero attached hydrogens (tertiary/aromatic N) is 2. The largest absolute Gasteiger partial charge is 0.335 e. The van der Waals surface area contributed by atoms with Crippen LogP contribution in [0.25, 0.3) is 10.1 Å². The first-order chi connectivity index (χ1) is 9.58. The molecule has 1 aliphatic rings. The molecule has 1 aromatic heterocycles. The van der Waals surface area contributed by atoms with Gasteiger partial charge < -0.3 is 9.80 Å². The van der Waals surface area contributed by atoms with Gasteiger partial charge in [0, 0.05) is 36.3 Å². The Bertz CT molecular complexity index is 659. The van der Waals surface area contributed by atoms with Gasteiger partial charge in [-0.25, -0.2) is 4.39 Å². The first kappa shape index (κ1) is 13.5. The quantitative estimate of drug-likeness (QED) is 0.807. The number of amides is 1. The van der Waals surface area contributed by atoms with Gasteiger partial charge in [0.25, 0.3) is 5.91 Å². The van der Waals surface area contributed by atoms with E-state index in [-0.39, 0.29) is 11.7 Å². The van der Waals surface area contributed by atoms with Crippen LogP contribution in [0.15, 0.2) is 18.2 Å². The third-order valence-corrected chi connectivity index (χ3v) is 5.13. The Balaban J connectivity index is 1.96. The van der Waals surface area contributed by atoms with Crippen LogP contribution in [0.2, 0.25) is 0 Å². The summed E-state index contributed by atoms with van der Waals surface area (Å²) in [5.74, 6) is -0.204. The molecule has 2 aromatic rings. The number of aryl methyl sites for hydroxylation is 1. The van der Waals surface area contributed by atoms with Gasteiger partial charge in [-0.05, 0) is 31.7 Å². The van der Waals surface area contributed by atoms with Gasteiger partial charge in [-0.15, -0.1) is 11.3 Å². The second kappa shape index (κ2) is 5.14. The van der Waals surface area contributed by atoms with Crippen molar-refractivity contribution in [3.8, 4) is 0 Å². The number of hydrogen-bond donors (Lipinski definition) is 0. The summed E-state index contributed by atoms with van der Waals surface area (Å²) < 4.78 is 14.7. The molecule has 1 fully saturated rings. The molecule has 0 atom stereocenters. The van der Waals surface area contributed by atoms with Crippen molar-refractivity contribution in [3.05, 3.63) is 34.5 Å². The van der Waals surface area contributed by atoms with Crippen LogP contribution in [-0.4, -0.2) is 48.9 Å². The van der Waals surface area contributed by atoms with Crippen LogP contribution in [0.4, 0.5) is 4.39 Å². The number of halogens is 1. The number of likely N-dealkylation sites (N-methyl/N-ethyl adjacent to an activating group) is 1. The molecular weight excluding hydrogens is 275 g/mol. The molecule has 20 heavy (non-hydrogen) atoms. The third-order valence-electron chi connectivity index (χ3n) is 3.89. The van der Waals surface area contributed by atoms with Gasteiger partial charge in [0.05, 0.1) is 4.88 Å². The van der Waals surface area contributed by atoms with E-state index in [2.05, 4.69) is 11.9 Å². The highest BCUT2D eigenvalue weighted by Gasteiger charge is 2.24. The van der Waals surface area contributed by atoms with Crippen LogP contribution in [0.3, 0.4) is 0 Å². The fourth-order valence-corrected chi connectivity index (χ4v) is 3.80. The lowest BCUT2D eigenvalue weighted by atomic mass is 10.1. The van der Waals surface area contributed by atoms with Gasteiger partial charge in [0.2, 0.25) is 0 Å². The molecule has 3 rings (SSSR count). The molecule has 0 saturated carbocycles. The lowest BCUT2D eigenvalue weighted by Crippen LogP contribution is -2.47. The smallest absolute Gasteiger partial charge is 0.264 e. The number of thiophene rings is 1. The minimum absolute atomic E-state index is 0.0381. The Labute approximate surface area is 121 Å². The van der Waals surface area contributed by atoms with Gasteiger partial charge in [-0.2, -0.15) is 0 Å². The first-order valence-corrected chi connectivity index (χ1v) is 7.55. The van der Waals surface area contributed by atoms with Crippen LogP contribution >= 0.6 is 11.3 Å². The van der Waals surface area contributed by atoms with Crippen molar-refractivity contribution < 1.29 is 9.18 Å². The lowest BCUT2D eigenvalue weighted by Gasteiger charge is -2.32. The molecule has 1 aliphatic heterocycles. The Morgan fingerprint density at radius 2 is 1.95 bits per heavy atom. The van der Waals surface area contributed by atoms with Crippen LogP contribution < -0.4 is 0 Å². The van der Waals surface area contributed by atoms with Crippen molar-refractivity contribution in [1.29, 1.82) is 0 Å². The molecule has 1 aromatic carbocycles. The van der Waals surface area contributed by atoms with Crippen molar-refractivity contribution in [2.24, 2.45) is 0 Å². The van der Waals surface area contributed by atoms with E-state index in [4.69, 9.17) is 0 Å².